The predicted octanol–water partition coefficient (Wildman–Crippen LogP) is 1.13. The van der Waals surface area contributed by atoms with Gasteiger partial charge in [0.15, 0.2) is 5.96 Å². The van der Waals surface area contributed by atoms with Crippen molar-refractivity contribution in [3.05, 3.63) is 0 Å². The number of rotatable bonds is 1. The van der Waals surface area contributed by atoms with Gasteiger partial charge in [0.1, 0.15) is 5.60 Å². The highest BCUT2D eigenvalue weighted by Gasteiger charge is 2.31. The molecule has 1 fully saturated rings. The lowest BCUT2D eigenvalue weighted by Gasteiger charge is -2.28. The van der Waals surface area contributed by atoms with E-state index in [9.17, 15) is 4.79 Å². The summed E-state index contributed by atoms with van der Waals surface area (Å²) in [6.45, 7) is 7.31. The molecule has 0 aromatic rings. The minimum Gasteiger partial charge on any atom is -0.444 e. The van der Waals surface area contributed by atoms with E-state index in [1.54, 1.807) is 19.0 Å². The van der Waals surface area contributed by atoms with Gasteiger partial charge < -0.3 is 19.9 Å². The number of likely N-dealkylation sites (tertiary alicyclic amines) is 1. The number of guanidine groups is 1. The average Bonchev–Trinajstić information content (AvgIpc) is 2.77. The molecule has 0 aliphatic carbocycles. The van der Waals surface area contributed by atoms with Gasteiger partial charge in [0.05, 0.1) is 6.04 Å². The van der Waals surface area contributed by atoms with Gasteiger partial charge in [-0.05, 0) is 27.2 Å². The van der Waals surface area contributed by atoms with E-state index in [4.69, 9.17) is 4.74 Å². The van der Waals surface area contributed by atoms with Gasteiger partial charge in [-0.2, -0.15) is 0 Å². The second-order valence-electron chi connectivity index (χ2n) is 5.78. The van der Waals surface area contributed by atoms with E-state index in [0.717, 1.165) is 25.5 Å². The fourth-order valence-corrected chi connectivity index (χ4v) is 2.14. The van der Waals surface area contributed by atoms with Crippen molar-refractivity contribution >= 4 is 12.1 Å². The van der Waals surface area contributed by atoms with Crippen molar-refractivity contribution in [1.29, 1.82) is 0 Å². The molecule has 1 saturated heterocycles. The van der Waals surface area contributed by atoms with Gasteiger partial charge in [-0.15, -0.1) is 0 Å². The summed E-state index contributed by atoms with van der Waals surface area (Å²) in [4.78, 5) is 20.0. The SMILES string of the molecule is CN=C(NC)N1CC[C@@H](N(C)C(=O)OC(C)(C)C)C1. The molecule has 0 saturated carbocycles. The number of carbonyl (C=O) groups is 1. The smallest absolute Gasteiger partial charge is 0.410 e. The summed E-state index contributed by atoms with van der Waals surface area (Å²) in [5, 5.41) is 3.06. The molecule has 1 N–H and O–H groups in total. The summed E-state index contributed by atoms with van der Waals surface area (Å²) in [6.07, 6.45) is 0.662. The Morgan fingerprint density at radius 3 is 2.58 bits per heavy atom. The van der Waals surface area contributed by atoms with Gasteiger partial charge in [-0.1, -0.05) is 0 Å². The maximum Gasteiger partial charge on any atom is 0.410 e. The molecule has 0 radical (unpaired) electrons. The summed E-state index contributed by atoms with van der Waals surface area (Å²) in [7, 11) is 5.41. The molecule has 19 heavy (non-hydrogen) atoms. The molecule has 1 amide bonds. The normalized spacial score (nSPS) is 20.4. The zero-order chi connectivity index (χ0) is 14.6. The standard InChI is InChI=1S/C13H26N4O2/c1-13(2,3)19-12(18)16(6)10-7-8-17(9-10)11(14-4)15-5/h10H,7-9H2,1-6H3,(H,14,15)/t10-/m1/s1. The van der Waals surface area contributed by atoms with Crippen molar-refractivity contribution in [1.82, 2.24) is 15.1 Å². The summed E-state index contributed by atoms with van der Waals surface area (Å²) in [6, 6.07) is 0.167. The molecule has 1 rings (SSSR count). The van der Waals surface area contributed by atoms with E-state index in [0.29, 0.717) is 0 Å². The summed E-state index contributed by atoms with van der Waals surface area (Å²) in [5.41, 5.74) is -0.454. The average molecular weight is 270 g/mol. The van der Waals surface area contributed by atoms with Gasteiger partial charge in [0.2, 0.25) is 0 Å². The highest BCUT2D eigenvalue weighted by molar-refractivity contribution is 5.80. The van der Waals surface area contributed by atoms with Crippen LogP contribution >= 0.6 is 0 Å². The van der Waals surface area contributed by atoms with Crippen LogP contribution in [0.15, 0.2) is 4.99 Å². The van der Waals surface area contributed by atoms with E-state index in [1.165, 1.54) is 0 Å². The predicted molar refractivity (Wildman–Crippen MR) is 76.4 cm³/mol. The molecule has 0 aromatic heterocycles. The molecule has 1 atom stereocenters. The first-order chi connectivity index (χ1) is 8.78. The minimum absolute atomic E-state index is 0.167. The number of nitrogens with one attached hydrogen (secondary N) is 1. The van der Waals surface area contributed by atoms with Gasteiger partial charge in [0.25, 0.3) is 0 Å². The largest absolute Gasteiger partial charge is 0.444 e. The van der Waals surface area contributed by atoms with E-state index in [2.05, 4.69) is 15.2 Å². The van der Waals surface area contributed by atoms with E-state index in [-0.39, 0.29) is 12.1 Å². The van der Waals surface area contributed by atoms with Crippen LogP contribution in [0.2, 0.25) is 0 Å². The van der Waals surface area contributed by atoms with E-state index >= 15 is 0 Å². The number of ether oxygens (including phenoxy) is 1. The number of amides is 1. The van der Waals surface area contributed by atoms with Crippen LogP contribution < -0.4 is 5.32 Å². The molecule has 1 heterocycles. The number of likely N-dealkylation sites (N-methyl/N-ethyl adjacent to an activating group) is 1. The maximum atomic E-state index is 12.0. The van der Waals surface area contributed by atoms with E-state index < -0.39 is 5.60 Å². The third-order valence-electron chi connectivity index (χ3n) is 3.13. The molecule has 1 aliphatic rings. The molecular weight excluding hydrogens is 244 g/mol. The molecule has 0 bridgehead atoms. The van der Waals surface area contributed by atoms with Gasteiger partial charge >= 0.3 is 6.09 Å². The lowest BCUT2D eigenvalue weighted by atomic mass is 10.2. The monoisotopic (exact) mass is 270 g/mol. The highest BCUT2D eigenvalue weighted by Crippen LogP contribution is 2.17. The van der Waals surface area contributed by atoms with Crippen LogP contribution in [0.5, 0.6) is 0 Å². The number of carbonyl (C=O) groups excluding carboxylic acids is 1. The number of aliphatic imine (C=N–C) groups is 1. The van der Waals surface area contributed by atoms with Gasteiger partial charge in [-0.25, -0.2) is 4.79 Å². The zero-order valence-electron chi connectivity index (χ0n) is 12.9. The lowest BCUT2D eigenvalue weighted by Crippen LogP contribution is -2.44. The Balaban J connectivity index is 2.57. The first-order valence-electron chi connectivity index (χ1n) is 6.63. The minimum atomic E-state index is -0.454. The van der Waals surface area contributed by atoms with Crippen LogP contribution in [0.4, 0.5) is 4.79 Å². The molecule has 110 valence electrons. The molecule has 6 nitrogen and oxygen atoms in total. The van der Waals surface area contributed by atoms with Crippen LogP contribution in [0.3, 0.4) is 0 Å². The fraction of sp³-hybridized carbons (Fsp3) is 0.846. The lowest BCUT2D eigenvalue weighted by molar-refractivity contribution is 0.0232. The topological polar surface area (TPSA) is 57.2 Å². The zero-order valence-corrected chi connectivity index (χ0v) is 12.9. The second-order valence-corrected chi connectivity index (χ2v) is 5.78. The number of hydrogen-bond acceptors (Lipinski definition) is 3. The molecule has 0 aromatic carbocycles. The Morgan fingerprint density at radius 1 is 1.47 bits per heavy atom. The highest BCUT2D eigenvalue weighted by atomic mass is 16.6. The third-order valence-corrected chi connectivity index (χ3v) is 3.13. The summed E-state index contributed by atoms with van der Waals surface area (Å²) in [5.74, 6) is 0.861. The van der Waals surface area contributed by atoms with E-state index in [1.807, 2.05) is 27.8 Å². The first kappa shape index (κ1) is 15.6. The fourth-order valence-electron chi connectivity index (χ4n) is 2.14. The van der Waals surface area contributed by atoms with Gasteiger partial charge in [0, 0.05) is 34.2 Å². The molecule has 0 spiro atoms. The van der Waals surface area contributed by atoms with Crippen molar-refractivity contribution in [3.63, 3.8) is 0 Å². The Kier molecular flexibility index (Phi) is 5.03. The Bertz CT molecular complexity index is 349. The Labute approximate surface area is 115 Å². The van der Waals surface area contributed by atoms with Crippen molar-refractivity contribution in [2.45, 2.75) is 38.8 Å². The quantitative estimate of drug-likeness (QED) is 0.573. The van der Waals surface area contributed by atoms with Crippen LogP contribution in [0.25, 0.3) is 0 Å². The van der Waals surface area contributed by atoms with Crippen LogP contribution in [0.1, 0.15) is 27.2 Å². The molecule has 0 unspecified atom stereocenters. The van der Waals surface area contributed by atoms with Crippen LogP contribution in [-0.4, -0.2) is 67.7 Å². The molecule has 1 aliphatic heterocycles. The van der Waals surface area contributed by atoms with Crippen molar-refractivity contribution < 1.29 is 9.53 Å². The Morgan fingerprint density at radius 2 is 2.11 bits per heavy atom. The van der Waals surface area contributed by atoms with Crippen LogP contribution in [-0.2, 0) is 4.74 Å². The number of hydrogen-bond donors (Lipinski definition) is 1. The first-order valence-corrected chi connectivity index (χ1v) is 6.63. The Hall–Kier alpha value is -1.46. The number of nitrogens with zero attached hydrogens (tertiary/aromatic N) is 3. The third kappa shape index (κ3) is 4.29. The molecular formula is C13H26N4O2. The van der Waals surface area contributed by atoms with Gasteiger partial charge in [-0.3, -0.25) is 4.99 Å². The summed E-state index contributed by atoms with van der Waals surface area (Å²) < 4.78 is 5.38. The maximum absolute atomic E-state index is 12.0. The van der Waals surface area contributed by atoms with Crippen molar-refractivity contribution in [3.8, 4) is 0 Å². The summed E-state index contributed by atoms with van der Waals surface area (Å²) >= 11 is 0. The van der Waals surface area contributed by atoms with Crippen molar-refractivity contribution in [2.24, 2.45) is 4.99 Å². The van der Waals surface area contributed by atoms with Crippen molar-refractivity contribution in [2.75, 3.05) is 34.2 Å². The van der Waals surface area contributed by atoms with Crippen LogP contribution in [0, 0.1) is 0 Å². The second kappa shape index (κ2) is 6.12. The molecule has 6 heteroatoms.